The topological polar surface area (TPSA) is 41.3 Å². The maximum absolute atomic E-state index is 10.7. The Labute approximate surface area is 117 Å². The van der Waals surface area contributed by atoms with Gasteiger partial charge in [0.25, 0.3) is 0 Å². The summed E-state index contributed by atoms with van der Waals surface area (Å²) >= 11 is 3.51. The molecule has 102 valence electrons. The lowest BCUT2D eigenvalue weighted by molar-refractivity contribution is 0.0314. The van der Waals surface area contributed by atoms with Gasteiger partial charge in [0.15, 0.2) is 0 Å². The fourth-order valence-corrected chi connectivity index (χ4v) is 3.07. The number of aromatic nitrogens is 2. The molecule has 0 amide bonds. The zero-order chi connectivity index (χ0) is 13.3. The normalized spacial score (nSPS) is 19.2. The molecule has 1 fully saturated rings. The Morgan fingerprint density at radius 2 is 2.22 bits per heavy atom. The van der Waals surface area contributed by atoms with Gasteiger partial charge in [-0.05, 0) is 49.3 Å². The zero-order valence-electron chi connectivity index (χ0n) is 11.4. The molecule has 18 heavy (non-hydrogen) atoms. The molecule has 1 aromatic heterocycles. The van der Waals surface area contributed by atoms with E-state index in [0.29, 0.717) is 5.92 Å². The first kappa shape index (κ1) is 14.0. The van der Waals surface area contributed by atoms with Gasteiger partial charge in [0, 0.05) is 6.54 Å². The van der Waals surface area contributed by atoms with Gasteiger partial charge < -0.3 is 10.0 Å². The SMILES string of the molecule is CN(C)CCn1ncc(Br)c1C(C)(O)CC1CC1. The highest BCUT2D eigenvalue weighted by Gasteiger charge is 2.36. The van der Waals surface area contributed by atoms with Crippen LogP contribution in [0.2, 0.25) is 0 Å². The predicted molar refractivity (Wildman–Crippen MR) is 75.4 cm³/mol. The second-order valence-corrected chi connectivity index (χ2v) is 6.64. The van der Waals surface area contributed by atoms with Gasteiger partial charge in [0.1, 0.15) is 5.60 Å². The van der Waals surface area contributed by atoms with Crippen LogP contribution in [0.25, 0.3) is 0 Å². The Balaban J connectivity index is 2.16. The smallest absolute Gasteiger partial charge is 0.105 e. The van der Waals surface area contributed by atoms with Crippen molar-refractivity contribution in [3.05, 3.63) is 16.4 Å². The van der Waals surface area contributed by atoms with Gasteiger partial charge in [-0.2, -0.15) is 5.10 Å². The number of halogens is 1. The third kappa shape index (κ3) is 3.33. The number of aliphatic hydroxyl groups is 1. The van der Waals surface area contributed by atoms with E-state index in [1.165, 1.54) is 12.8 Å². The summed E-state index contributed by atoms with van der Waals surface area (Å²) in [5, 5.41) is 15.1. The minimum atomic E-state index is -0.789. The van der Waals surface area contributed by atoms with Crippen molar-refractivity contribution in [2.24, 2.45) is 5.92 Å². The molecule has 0 saturated heterocycles. The van der Waals surface area contributed by atoms with Gasteiger partial charge in [-0.3, -0.25) is 4.68 Å². The summed E-state index contributed by atoms with van der Waals surface area (Å²) in [6.45, 7) is 3.62. The largest absolute Gasteiger partial charge is 0.384 e. The number of likely N-dealkylation sites (N-methyl/N-ethyl adjacent to an activating group) is 1. The molecule has 1 unspecified atom stereocenters. The summed E-state index contributed by atoms with van der Waals surface area (Å²) in [6, 6.07) is 0. The first-order chi connectivity index (χ1) is 8.40. The highest BCUT2D eigenvalue weighted by Crippen LogP contribution is 2.42. The van der Waals surface area contributed by atoms with Gasteiger partial charge in [0.05, 0.1) is 22.9 Å². The van der Waals surface area contributed by atoms with Gasteiger partial charge in [-0.25, -0.2) is 0 Å². The summed E-state index contributed by atoms with van der Waals surface area (Å²) in [6.07, 6.45) is 5.12. The number of hydrogen-bond donors (Lipinski definition) is 1. The van der Waals surface area contributed by atoms with E-state index in [-0.39, 0.29) is 0 Å². The van der Waals surface area contributed by atoms with Crippen LogP contribution >= 0.6 is 15.9 Å². The Morgan fingerprint density at radius 3 is 2.78 bits per heavy atom. The van der Waals surface area contributed by atoms with Crippen LogP contribution < -0.4 is 0 Å². The minimum absolute atomic E-state index is 0.684. The molecule has 5 heteroatoms. The van der Waals surface area contributed by atoms with Gasteiger partial charge in [0.2, 0.25) is 0 Å². The fourth-order valence-electron chi connectivity index (χ4n) is 2.34. The molecule has 1 N–H and O–H groups in total. The van der Waals surface area contributed by atoms with Crippen molar-refractivity contribution < 1.29 is 5.11 Å². The third-order valence-corrected chi connectivity index (χ3v) is 4.03. The van der Waals surface area contributed by atoms with Gasteiger partial charge in [-0.1, -0.05) is 12.8 Å². The standard InChI is InChI=1S/C13H22BrN3O/c1-13(18,8-10-4-5-10)12-11(14)9-15-17(12)7-6-16(2)3/h9-10,18H,4-8H2,1-3H3. The average Bonchev–Trinajstić information content (AvgIpc) is 2.95. The summed E-state index contributed by atoms with van der Waals surface area (Å²) in [5.41, 5.74) is 0.124. The van der Waals surface area contributed by atoms with Crippen LogP contribution in [0.15, 0.2) is 10.7 Å². The fraction of sp³-hybridized carbons (Fsp3) is 0.769. The van der Waals surface area contributed by atoms with E-state index < -0.39 is 5.60 Å². The molecule has 1 saturated carbocycles. The molecule has 1 aliphatic rings. The molecule has 0 bridgehead atoms. The summed E-state index contributed by atoms with van der Waals surface area (Å²) < 4.78 is 2.83. The number of nitrogens with zero attached hydrogens (tertiary/aromatic N) is 3. The van der Waals surface area contributed by atoms with Crippen LogP contribution in [0.1, 0.15) is 31.9 Å². The van der Waals surface area contributed by atoms with E-state index in [4.69, 9.17) is 0 Å². The maximum Gasteiger partial charge on any atom is 0.105 e. The highest BCUT2D eigenvalue weighted by atomic mass is 79.9. The van der Waals surface area contributed by atoms with Crippen molar-refractivity contribution in [1.29, 1.82) is 0 Å². The van der Waals surface area contributed by atoms with E-state index in [0.717, 1.165) is 29.7 Å². The zero-order valence-corrected chi connectivity index (χ0v) is 12.9. The van der Waals surface area contributed by atoms with Crippen LogP contribution in [-0.4, -0.2) is 40.4 Å². The Kier molecular flexibility index (Phi) is 4.14. The molecule has 2 rings (SSSR count). The van der Waals surface area contributed by atoms with E-state index >= 15 is 0 Å². The van der Waals surface area contributed by atoms with Crippen molar-refractivity contribution in [2.75, 3.05) is 20.6 Å². The molecule has 0 spiro atoms. The maximum atomic E-state index is 10.7. The summed E-state index contributed by atoms with van der Waals surface area (Å²) in [7, 11) is 4.08. The molecule has 1 aliphatic carbocycles. The monoisotopic (exact) mass is 315 g/mol. The van der Waals surface area contributed by atoms with Crippen LogP contribution in [-0.2, 0) is 12.1 Å². The first-order valence-electron chi connectivity index (χ1n) is 6.49. The van der Waals surface area contributed by atoms with Crippen molar-refractivity contribution in [3.63, 3.8) is 0 Å². The van der Waals surface area contributed by atoms with Gasteiger partial charge in [-0.15, -0.1) is 0 Å². The van der Waals surface area contributed by atoms with Crippen molar-refractivity contribution >= 4 is 15.9 Å². The Bertz CT molecular complexity index is 410. The summed E-state index contributed by atoms with van der Waals surface area (Å²) in [4.78, 5) is 2.12. The molecule has 0 aromatic carbocycles. The third-order valence-electron chi connectivity index (χ3n) is 3.45. The molecule has 1 heterocycles. The van der Waals surface area contributed by atoms with Crippen LogP contribution in [0.5, 0.6) is 0 Å². The molecule has 0 radical (unpaired) electrons. The molecule has 1 atom stereocenters. The molecule has 4 nitrogen and oxygen atoms in total. The predicted octanol–water partition coefficient (Wildman–Crippen LogP) is 2.21. The van der Waals surface area contributed by atoms with E-state index in [1.807, 2.05) is 25.7 Å². The van der Waals surface area contributed by atoms with E-state index in [9.17, 15) is 5.11 Å². The minimum Gasteiger partial charge on any atom is -0.384 e. The highest BCUT2D eigenvalue weighted by molar-refractivity contribution is 9.10. The number of hydrogen-bond acceptors (Lipinski definition) is 3. The molecule has 1 aromatic rings. The Morgan fingerprint density at radius 1 is 1.56 bits per heavy atom. The number of rotatable bonds is 6. The first-order valence-corrected chi connectivity index (χ1v) is 7.28. The molecule has 0 aliphatic heterocycles. The quantitative estimate of drug-likeness (QED) is 0.875. The van der Waals surface area contributed by atoms with Crippen molar-refractivity contribution in [3.8, 4) is 0 Å². The molecular weight excluding hydrogens is 294 g/mol. The van der Waals surface area contributed by atoms with E-state index in [2.05, 4.69) is 25.9 Å². The second-order valence-electron chi connectivity index (χ2n) is 5.79. The van der Waals surface area contributed by atoms with Crippen molar-refractivity contribution in [1.82, 2.24) is 14.7 Å². The van der Waals surface area contributed by atoms with Gasteiger partial charge >= 0.3 is 0 Å². The lowest BCUT2D eigenvalue weighted by Crippen LogP contribution is -2.29. The summed E-state index contributed by atoms with van der Waals surface area (Å²) in [5.74, 6) is 0.684. The van der Waals surface area contributed by atoms with Crippen LogP contribution in [0.3, 0.4) is 0 Å². The van der Waals surface area contributed by atoms with Crippen molar-refractivity contribution in [2.45, 2.75) is 38.3 Å². The lowest BCUT2D eigenvalue weighted by atomic mass is 9.95. The Hall–Kier alpha value is -0.390. The molecular formula is C13H22BrN3O. The van der Waals surface area contributed by atoms with Crippen LogP contribution in [0, 0.1) is 5.92 Å². The van der Waals surface area contributed by atoms with E-state index in [1.54, 1.807) is 6.20 Å². The lowest BCUT2D eigenvalue weighted by Gasteiger charge is -2.25. The van der Waals surface area contributed by atoms with Crippen LogP contribution in [0.4, 0.5) is 0 Å². The average molecular weight is 316 g/mol. The second kappa shape index (κ2) is 5.31.